The van der Waals surface area contributed by atoms with Gasteiger partial charge in [0, 0.05) is 17.8 Å². The number of benzene rings is 2. The fourth-order valence-electron chi connectivity index (χ4n) is 2.31. The fraction of sp³-hybridized carbons (Fsp3) is 0.278. The van der Waals surface area contributed by atoms with Crippen molar-refractivity contribution in [2.45, 2.75) is 18.2 Å². The zero-order valence-corrected chi connectivity index (χ0v) is 16.7. The lowest BCUT2D eigenvalue weighted by atomic mass is 10.1. The molecule has 148 valence electrons. The Morgan fingerprint density at radius 2 is 1.74 bits per heavy atom. The zero-order valence-electron chi connectivity index (χ0n) is 15.1. The van der Waals surface area contributed by atoms with E-state index < -0.39 is 15.8 Å². The van der Waals surface area contributed by atoms with Crippen molar-refractivity contribution in [3.8, 4) is 0 Å². The van der Waals surface area contributed by atoms with Crippen LogP contribution in [0, 0.1) is 12.7 Å². The van der Waals surface area contributed by atoms with E-state index in [-0.39, 0.29) is 28.9 Å². The van der Waals surface area contributed by atoms with Gasteiger partial charge in [0.25, 0.3) is 15.9 Å². The number of aryl methyl sites for hydroxylation is 1. The number of hydrogen-bond donors (Lipinski definition) is 3. The Kier molecular flexibility index (Phi) is 8.68. The molecule has 0 fully saturated rings. The van der Waals surface area contributed by atoms with Gasteiger partial charge in [-0.15, -0.1) is 12.4 Å². The average molecular weight is 416 g/mol. The van der Waals surface area contributed by atoms with Gasteiger partial charge in [-0.25, -0.2) is 12.8 Å². The van der Waals surface area contributed by atoms with E-state index >= 15 is 0 Å². The summed E-state index contributed by atoms with van der Waals surface area (Å²) in [5, 5.41) is 5.76. The maximum atomic E-state index is 13.0. The Morgan fingerprint density at radius 1 is 1.07 bits per heavy atom. The van der Waals surface area contributed by atoms with Crippen molar-refractivity contribution >= 4 is 34.0 Å². The van der Waals surface area contributed by atoms with E-state index in [2.05, 4.69) is 15.4 Å². The molecule has 27 heavy (non-hydrogen) atoms. The van der Waals surface area contributed by atoms with Gasteiger partial charge in [0.15, 0.2) is 0 Å². The number of amides is 1. The van der Waals surface area contributed by atoms with Crippen LogP contribution in [0.4, 0.5) is 10.1 Å². The summed E-state index contributed by atoms with van der Waals surface area (Å²) in [4.78, 5) is 12.3. The van der Waals surface area contributed by atoms with Crippen molar-refractivity contribution in [2.24, 2.45) is 0 Å². The lowest BCUT2D eigenvalue weighted by Gasteiger charge is -2.12. The highest BCUT2D eigenvalue weighted by atomic mass is 35.5. The molecule has 0 saturated heterocycles. The highest BCUT2D eigenvalue weighted by molar-refractivity contribution is 7.92. The highest BCUT2D eigenvalue weighted by Gasteiger charge is 2.18. The summed E-state index contributed by atoms with van der Waals surface area (Å²) < 4.78 is 40.4. The van der Waals surface area contributed by atoms with E-state index in [1.54, 1.807) is 13.0 Å². The molecule has 6 nitrogen and oxygen atoms in total. The van der Waals surface area contributed by atoms with Crippen molar-refractivity contribution in [3.05, 3.63) is 59.4 Å². The summed E-state index contributed by atoms with van der Waals surface area (Å²) in [6.07, 6.45) is 0.769. The second-order valence-corrected chi connectivity index (χ2v) is 7.48. The number of halogens is 2. The third kappa shape index (κ3) is 6.50. The van der Waals surface area contributed by atoms with Gasteiger partial charge in [0.2, 0.25) is 0 Å². The summed E-state index contributed by atoms with van der Waals surface area (Å²) in [6, 6.07) is 9.34. The van der Waals surface area contributed by atoms with Crippen LogP contribution >= 0.6 is 12.4 Å². The summed E-state index contributed by atoms with van der Waals surface area (Å²) in [5.41, 5.74) is 1.22. The molecule has 0 aliphatic rings. The minimum absolute atomic E-state index is 0. The molecule has 9 heteroatoms. The summed E-state index contributed by atoms with van der Waals surface area (Å²) in [7, 11) is -2.06. The first kappa shape index (κ1) is 22.9. The molecule has 1 amide bonds. The third-order valence-corrected chi connectivity index (χ3v) is 5.13. The average Bonchev–Trinajstić information content (AvgIpc) is 2.60. The molecule has 0 atom stereocenters. The van der Waals surface area contributed by atoms with Crippen LogP contribution in [0.1, 0.15) is 22.3 Å². The van der Waals surface area contributed by atoms with E-state index in [9.17, 15) is 17.6 Å². The highest BCUT2D eigenvalue weighted by Crippen LogP contribution is 2.19. The lowest BCUT2D eigenvalue weighted by Crippen LogP contribution is -2.27. The smallest absolute Gasteiger partial charge is 0.261 e. The van der Waals surface area contributed by atoms with E-state index in [0.29, 0.717) is 17.7 Å². The lowest BCUT2D eigenvalue weighted by molar-refractivity contribution is 0.0952. The van der Waals surface area contributed by atoms with E-state index in [1.807, 2.05) is 7.05 Å². The van der Waals surface area contributed by atoms with Crippen LogP contribution in [0.25, 0.3) is 0 Å². The Morgan fingerprint density at radius 3 is 2.37 bits per heavy atom. The van der Waals surface area contributed by atoms with Gasteiger partial charge in [-0.3, -0.25) is 9.52 Å². The molecule has 0 unspecified atom stereocenters. The van der Waals surface area contributed by atoms with Crippen molar-refractivity contribution in [1.29, 1.82) is 0 Å². The predicted molar refractivity (Wildman–Crippen MR) is 107 cm³/mol. The summed E-state index contributed by atoms with van der Waals surface area (Å²) >= 11 is 0. The minimum Gasteiger partial charge on any atom is -0.352 e. The standard InChI is InChI=1S/C18H22FN3O3S.ClH/c1-13-4-9-16(12-17(13)18(23)21-11-3-10-20-2)26(24,25)22-15-7-5-14(19)6-8-15;/h4-9,12,20,22H,3,10-11H2,1-2H3,(H,21,23);1H. The number of nitrogens with one attached hydrogen (secondary N) is 3. The molecule has 0 heterocycles. The maximum absolute atomic E-state index is 13.0. The number of hydrogen-bond acceptors (Lipinski definition) is 4. The molecular weight excluding hydrogens is 393 g/mol. The maximum Gasteiger partial charge on any atom is 0.261 e. The topological polar surface area (TPSA) is 87.3 Å². The Labute approximate surface area is 165 Å². The predicted octanol–water partition coefficient (Wildman–Crippen LogP) is 2.70. The van der Waals surface area contributed by atoms with Crippen LogP contribution in [0.2, 0.25) is 0 Å². The van der Waals surface area contributed by atoms with Crippen molar-refractivity contribution in [2.75, 3.05) is 24.9 Å². The summed E-state index contributed by atoms with van der Waals surface area (Å²) in [6.45, 7) is 3.01. The van der Waals surface area contributed by atoms with Crippen molar-refractivity contribution in [3.63, 3.8) is 0 Å². The Hall–Kier alpha value is -2.16. The van der Waals surface area contributed by atoms with Gasteiger partial charge in [0.05, 0.1) is 4.90 Å². The van der Waals surface area contributed by atoms with Crippen LogP contribution in [0.3, 0.4) is 0 Å². The van der Waals surface area contributed by atoms with Crippen LogP contribution in [0.5, 0.6) is 0 Å². The number of anilines is 1. The first-order chi connectivity index (χ1) is 12.3. The number of sulfonamides is 1. The number of carbonyl (C=O) groups excluding carboxylic acids is 1. The molecule has 0 bridgehead atoms. The van der Waals surface area contributed by atoms with Crippen LogP contribution < -0.4 is 15.4 Å². The molecule has 0 spiro atoms. The third-order valence-electron chi connectivity index (χ3n) is 3.75. The van der Waals surface area contributed by atoms with E-state index in [1.165, 1.54) is 24.3 Å². The van der Waals surface area contributed by atoms with Crippen LogP contribution in [-0.4, -0.2) is 34.5 Å². The molecule has 3 N–H and O–H groups in total. The van der Waals surface area contributed by atoms with Crippen LogP contribution in [0.15, 0.2) is 47.4 Å². The molecule has 0 saturated carbocycles. The SMILES string of the molecule is CNCCCNC(=O)c1cc(S(=O)(=O)Nc2ccc(F)cc2)ccc1C.Cl. The van der Waals surface area contributed by atoms with E-state index in [4.69, 9.17) is 0 Å². The number of rotatable bonds is 8. The second kappa shape index (κ2) is 10.2. The second-order valence-electron chi connectivity index (χ2n) is 5.80. The van der Waals surface area contributed by atoms with Crippen molar-refractivity contribution in [1.82, 2.24) is 10.6 Å². The quantitative estimate of drug-likeness (QED) is 0.578. The van der Waals surface area contributed by atoms with Crippen LogP contribution in [-0.2, 0) is 10.0 Å². The number of carbonyl (C=O) groups is 1. The Balaban J connectivity index is 0.00000364. The summed E-state index contributed by atoms with van der Waals surface area (Å²) in [5.74, 6) is -0.780. The molecule has 0 aliphatic carbocycles. The molecule has 0 aromatic heterocycles. The van der Waals surface area contributed by atoms with Gasteiger partial charge < -0.3 is 10.6 Å². The Bertz CT molecular complexity index is 874. The molecule has 2 aromatic rings. The van der Waals surface area contributed by atoms with E-state index in [0.717, 1.165) is 25.1 Å². The largest absolute Gasteiger partial charge is 0.352 e. The van der Waals surface area contributed by atoms with Gasteiger partial charge in [-0.2, -0.15) is 0 Å². The van der Waals surface area contributed by atoms with Gasteiger partial charge in [-0.05, 0) is 68.9 Å². The molecule has 2 rings (SSSR count). The van der Waals surface area contributed by atoms with Gasteiger partial charge >= 0.3 is 0 Å². The first-order valence-electron chi connectivity index (χ1n) is 8.15. The van der Waals surface area contributed by atoms with Crippen molar-refractivity contribution < 1.29 is 17.6 Å². The normalized spacial score (nSPS) is 10.8. The molecular formula is C18H23ClFN3O3S. The molecule has 0 aliphatic heterocycles. The van der Waals surface area contributed by atoms with Gasteiger partial charge in [0.1, 0.15) is 5.82 Å². The molecule has 0 radical (unpaired) electrons. The first-order valence-corrected chi connectivity index (χ1v) is 9.63. The monoisotopic (exact) mass is 415 g/mol. The fourth-order valence-corrected chi connectivity index (χ4v) is 3.39. The zero-order chi connectivity index (χ0) is 19.2. The minimum atomic E-state index is -3.89. The molecule has 2 aromatic carbocycles. The van der Waals surface area contributed by atoms with Gasteiger partial charge in [-0.1, -0.05) is 6.07 Å².